The minimum atomic E-state index is -3.52. The normalized spacial score (nSPS) is 21.8. The Bertz CT molecular complexity index is 2120. The van der Waals surface area contributed by atoms with Crippen LogP contribution in [0.1, 0.15) is 44.9 Å². The summed E-state index contributed by atoms with van der Waals surface area (Å²) >= 11 is 1.36. The second-order valence-corrected chi connectivity index (χ2v) is 16.0. The monoisotopic (exact) mass is 736 g/mol. The summed E-state index contributed by atoms with van der Waals surface area (Å²) in [5.74, 6) is -1.51. The Morgan fingerprint density at radius 3 is 2.75 bits per heavy atom. The molecule has 4 atom stereocenters. The minimum Gasteiger partial charge on any atom is -0.471 e. The van der Waals surface area contributed by atoms with Gasteiger partial charge in [0.2, 0.25) is 33.6 Å². The van der Waals surface area contributed by atoms with E-state index in [1.165, 1.54) is 28.4 Å². The first-order valence-corrected chi connectivity index (χ1v) is 19.3. The topological polar surface area (TPSA) is 184 Å². The maximum Gasteiger partial charge on any atom is 0.240 e. The number of unbranched alkanes of at least 4 members (excludes halogenated alkanes) is 1. The molecule has 4 aromatic rings. The fourth-order valence-electron chi connectivity index (χ4n) is 6.26. The third kappa shape index (κ3) is 8.02. The van der Waals surface area contributed by atoms with Gasteiger partial charge >= 0.3 is 0 Å². The lowest BCUT2D eigenvalue weighted by Gasteiger charge is -2.21. The van der Waals surface area contributed by atoms with E-state index < -0.39 is 45.1 Å². The second-order valence-electron chi connectivity index (χ2n) is 13.1. The number of likely N-dealkylation sites (tertiary alicyclic amines) is 1. The number of pyridine rings is 1. The van der Waals surface area contributed by atoms with Gasteiger partial charge in [-0.15, -0.1) is 11.3 Å². The van der Waals surface area contributed by atoms with Gasteiger partial charge in [-0.25, -0.2) is 22.8 Å². The lowest BCUT2D eigenvalue weighted by molar-refractivity contribution is -0.138. The first kappa shape index (κ1) is 34.9. The van der Waals surface area contributed by atoms with Crippen molar-refractivity contribution < 1.29 is 36.7 Å². The molecule has 1 aliphatic heterocycles. The van der Waals surface area contributed by atoms with Gasteiger partial charge in [-0.3, -0.25) is 19.1 Å². The van der Waals surface area contributed by atoms with Crippen molar-refractivity contribution in [1.82, 2.24) is 24.6 Å². The lowest BCUT2D eigenvalue weighted by Crippen LogP contribution is -2.44. The van der Waals surface area contributed by atoms with E-state index in [9.17, 15) is 27.2 Å². The van der Waals surface area contributed by atoms with Gasteiger partial charge in [0, 0.05) is 36.1 Å². The van der Waals surface area contributed by atoms with Gasteiger partial charge < -0.3 is 20.1 Å². The molecule has 13 nitrogen and oxygen atoms in total. The summed E-state index contributed by atoms with van der Waals surface area (Å²) in [5, 5.41) is 0.378. The average Bonchev–Trinajstić information content (AvgIpc) is 4.03. The minimum absolute atomic E-state index is 0.0437. The van der Waals surface area contributed by atoms with E-state index in [2.05, 4.69) is 14.7 Å². The molecule has 0 radical (unpaired) electrons. The van der Waals surface area contributed by atoms with Gasteiger partial charge in [-0.2, -0.15) is 4.98 Å². The van der Waals surface area contributed by atoms with Crippen molar-refractivity contribution in [3.63, 3.8) is 0 Å². The highest BCUT2D eigenvalue weighted by molar-refractivity contribution is 7.90. The van der Waals surface area contributed by atoms with Gasteiger partial charge in [0.15, 0.2) is 5.82 Å². The number of ether oxygens (including phenoxy) is 2. The number of thiophene rings is 1. The van der Waals surface area contributed by atoms with E-state index in [1.54, 1.807) is 24.4 Å². The molecule has 3 N–H and O–H groups in total. The van der Waals surface area contributed by atoms with E-state index in [4.69, 9.17) is 20.2 Å². The molecule has 2 aliphatic carbocycles. The summed E-state index contributed by atoms with van der Waals surface area (Å²) in [4.78, 5) is 53.8. The predicted molar refractivity (Wildman–Crippen MR) is 187 cm³/mol. The molecule has 0 unspecified atom stereocenters. The molecule has 2 saturated carbocycles. The SMILES string of the molecule is NC(=O)[C@@H]1C[C@@H](Oc2nc(-c3cccc(F)c3)nc3c2sc2ncccc23)CN1C(=O)CCOCCCC=C[C@@H]1C[C@@H]1C(=O)NS(=O)(=O)C1CC1. The molecule has 3 fully saturated rings. The Balaban J connectivity index is 0.908. The van der Waals surface area contributed by atoms with Crippen molar-refractivity contribution in [3.05, 3.63) is 60.6 Å². The smallest absolute Gasteiger partial charge is 0.240 e. The Labute approximate surface area is 297 Å². The fraction of sp³-hybridized carbons (Fsp3) is 0.429. The van der Waals surface area contributed by atoms with Crippen molar-refractivity contribution in [1.29, 1.82) is 0 Å². The van der Waals surface area contributed by atoms with Crippen LogP contribution in [-0.4, -0.2) is 83.1 Å². The van der Waals surface area contributed by atoms with E-state index in [-0.39, 0.29) is 55.4 Å². The zero-order chi connectivity index (χ0) is 35.7. The van der Waals surface area contributed by atoms with Crippen LogP contribution in [0, 0.1) is 17.7 Å². The number of benzene rings is 1. The van der Waals surface area contributed by atoms with Crippen molar-refractivity contribution in [2.75, 3.05) is 19.8 Å². The van der Waals surface area contributed by atoms with E-state index in [1.807, 2.05) is 18.2 Å². The zero-order valence-electron chi connectivity index (χ0n) is 27.6. The lowest BCUT2D eigenvalue weighted by atomic mass is 10.2. The highest BCUT2D eigenvalue weighted by Crippen LogP contribution is 2.41. The highest BCUT2D eigenvalue weighted by Gasteiger charge is 2.45. The van der Waals surface area contributed by atoms with Crippen molar-refractivity contribution in [2.24, 2.45) is 17.6 Å². The maximum atomic E-state index is 14.1. The van der Waals surface area contributed by atoms with E-state index >= 15 is 0 Å². The van der Waals surface area contributed by atoms with Crippen LogP contribution < -0.4 is 15.2 Å². The van der Waals surface area contributed by atoms with Crippen LogP contribution in [0.25, 0.3) is 31.8 Å². The number of carbonyl (C=O) groups is 3. The molecule has 268 valence electrons. The highest BCUT2D eigenvalue weighted by atomic mass is 32.2. The van der Waals surface area contributed by atoms with Gasteiger partial charge in [0.05, 0.1) is 30.3 Å². The summed E-state index contributed by atoms with van der Waals surface area (Å²) in [6.45, 7) is 0.695. The Morgan fingerprint density at radius 2 is 1.96 bits per heavy atom. The van der Waals surface area contributed by atoms with Gasteiger partial charge in [0.25, 0.3) is 0 Å². The third-order valence-electron chi connectivity index (χ3n) is 9.22. The predicted octanol–water partition coefficient (Wildman–Crippen LogP) is 3.87. The average molecular weight is 737 g/mol. The number of hydrogen-bond acceptors (Lipinski definition) is 11. The van der Waals surface area contributed by atoms with Crippen LogP contribution in [0.2, 0.25) is 0 Å². The number of carbonyl (C=O) groups excluding carboxylic acids is 3. The number of hydrogen-bond donors (Lipinski definition) is 2. The molecule has 1 saturated heterocycles. The Kier molecular flexibility index (Phi) is 9.99. The summed E-state index contributed by atoms with van der Waals surface area (Å²) < 4.78 is 53.0. The fourth-order valence-corrected chi connectivity index (χ4v) is 8.63. The standard InChI is InChI=1S/C35H37FN6O7S2/c36-22-8-4-7-21(16-22)32-39-29-25-9-5-13-38-35(25)50-30(29)34(40-32)49-23-18-27(31(37)44)42(19-23)28(43)12-15-48-14-3-1-2-6-20-17-26(20)33(45)41-51(46,47)24-10-11-24/h2,4-9,13,16,20,23-24,26-27H,1,3,10-12,14-15,17-19H2,(H2,37,44)(H,41,45)/t20-,23-,26+,27+/m1/s1. The number of allylic oxidation sites excluding steroid dienone is 2. The van der Waals surface area contributed by atoms with Crippen LogP contribution in [0.5, 0.6) is 5.88 Å². The first-order chi connectivity index (χ1) is 24.6. The Hall–Kier alpha value is -4.54. The molecule has 0 bridgehead atoms. The number of sulfonamides is 1. The quantitative estimate of drug-likeness (QED) is 0.134. The van der Waals surface area contributed by atoms with Gasteiger partial charge in [-0.05, 0) is 62.3 Å². The maximum absolute atomic E-state index is 14.1. The zero-order valence-corrected chi connectivity index (χ0v) is 29.2. The van der Waals surface area contributed by atoms with Gasteiger partial charge in [0.1, 0.15) is 27.5 Å². The van der Waals surface area contributed by atoms with Gasteiger partial charge in [-0.1, -0.05) is 24.3 Å². The number of halogens is 1. The molecular weight excluding hydrogens is 700 g/mol. The van der Waals surface area contributed by atoms with Crippen LogP contribution in [-0.2, 0) is 29.1 Å². The number of fused-ring (bicyclic) bond motifs is 3. The number of primary amides is 1. The second kappa shape index (κ2) is 14.6. The largest absolute Gasteiger partial charge is 0.471 e. The molecule has 51 heavy (non-hydrogen) atoms. The molecule has 3 aromatic heterocycles. The summed E-state index contributed by atoms with van der Waals surface area (Å²) in [6.07, 6.45) is 8.50. The third-order valence-corrected chi connectivity index (χ3v) is 12.1. The molecule has 0 spiro atoms. The van der Waals surface area contributed by atoms with Crippen molar-refractivity contribution >= 4 is 59.5 Å². The number of amides is 3. The van der Waals surface area contributed by atoms with Crippen molar-refractivity contribution in [3.8, 4) is 17.3 Å². The Morgan fingerprint density at radius 1 is 1.12 bits per heavy atom. The number of nitrogens with zero attached hydrogens (tertiary/aromatic N) is 4. The summed E-state index contributed by atoms with van der Waals surface area (Å²) in [7, 11) is -3.52. The first-order valence-electron chi connectivity index (χ1n) is 16.9. The molecule has 3 aliphatic rings. The van der Waals surface area contributed by atoms with Crippen LogP contribution in [0.15, 0.2) is 54.7 Å². The molecular formula is C35H37FN6O7S2. The van der Waals surface area contributed by atoms with Crippen LogP contribution in [0.3, 0.4) is 0 Å². The van der Waals surface area contributed by atoms with Crippen LogP contribution in [0.4, 0.5) is 4.39 Å². The molecule has 1 aromatic carbocycles. The summed E-state index contributed by atoms with van der Waals surface area (Å²) in [6, 6.07) is 8.80. The number of rotatable bonds is 15. The molecule has 4 heterocycles. The number of nitrogens with one attached hydrogen (secondary N) is 1. The molecule has 7 rings (SSSR count). The molecule has 3 amide bonds. The summed E-state index contributed by atoms with van der Waals surface area (Å²) in [5.41, 5.74) is 6.79. The molecule has 16 heteroatoms. The number of aromatic nitrogens is 3. The number of nitrogens with two attached hydrogens (primary N) is 1. The van der Waals surface area contributed by atoms with E-state index in [0.29, 0.717) is 54.5 Å². The van der Waals surface area contributed by atoms with E-state index in [0.717, 1.165) is 10.2 Å². The van der Waals surface area contributed by atoms with Crippen molar-refractivity contribution in [2.45, 2.75) is 62.3 Å². The van der Waals surface area contributed by atoms with Crippen LogP contribution >= 0.6 is 11.3 Å².